The number of hydrogen-bond acceptors (Lipinski definition) is 10. The van der Waals surface area contributed by atoms with Gasteiger partial charge >= 0.3 is 0 Å². The highest BCUT2D eigenvalue weighted by Gasteiger charge is 2.38. The van der Waals surface area contributed by atoms with Crippen LogP contribution in [0.3, 0.4) is 0 Å². The molecule has 3 heterocycles. The number of carbonyl (C=O) groups excluding carboxylic acids is 3. The van der Waals surface area contributed by atoms with Crippen LogP contribution in [0.1, 0.15) is 108 Å². The summed E-state index contributed by atoms with van der Waals surface area (Å²) >= 11 is 0. The van der Waals surface area contributed by atoms with Gasteiger partial charge in [0.1, 0.15) is 11.5 Å². The summed E-state index contributed by atoms with van der Waals surface area (Å²) < 4.78 is 38.5. The van der Waals surface area contributed by atoms with Gasteiger partial charge in [0.25, 0.3) is 21.8 Å². The number of imidazole rings is 1. The molecular weight excluding hydrogens is 891 g/mol. The average Bonchev–Trinajstić information content (AvgIpc) is 3.75. The molecule has 1 atom stereocenters. The van der Waals surface area contributed by atoms with Crippen molar-refractivity contribution in [3.63, 3.8) is 0 Å². The van der Waals surface area contributed by atoms with Gasteiger partial charge in [0, 0.05) is 100 Å². The second-order valence-corrected chi connectivity index (χ2v) is 26.6. The summed E-state index contributed by atoms with van der Waals surface area (Å²) in [6.45, 7) is 22.5. The predicted molar refractivity (Wildman–Crippen MR) is 273 cm³/mol. The van der Waals surface area contributed by atoms with Crippen molar-refractivity contribution in [1.29, 1.82) is 0 Å². The van der Waals surface area contributed by atoms with Crippen molar-refractivity contribution in [3.8, 4) is 11.4 Å². The van der Waals surface area contributed by atoms with Crippen molar-refractivity contribution in [1.82, 2.24) is 34.3 Å². The molecule has 7 rings (SSSR count). The molecule has 15 heteroatoms. The van der Waals surface area contributed by atoms with E-state index in [4.69, 9.17) is 9.41 Å². The first-order valence-electron chi connectivity index (χ1n) is 24.4. The normalized spacial score (nSPS) is 16.1. The van der Waals surface area contributed by atoms with E-state index in [-0.39, 0.29) is 38.8 Å². The standard InChI is InChI=1S/C53H71N7O6SSi/c1-9-11-24-59(25-12-10-2)52(63)48-36-60(31-30-58-28-26-57(6)27-29-58)50(55-48)45-23-21-40(51(62)56-67(64,65)43-22-20-38-16-13-14-17-39(38)32-43)33-47(45)49(61)44-19-15-18-41-35-54-42(34-46(41)44)37-66-68(7,8)53(3,4)5/h13-23,32-33,36,42,54H,9-12,24-31,34-35,37H2,1-8H3,(H,56,62). The first-order valence-corrected chi connectivity index (χ1v) is 28.8. The van der Waals surface area contributed by atoms with E-state index in [1.807, 2.05) is 58.1 Å². The van der Waals surface area contributed by atoms with E-state index in [0.29, 0.717) is 68.4 Å². The van der Waals surface area contributed by atoms with E-state index in [9.17, 15) is 18.0 Å². The van der Waals surface area contributed by atoms with Crippen molar-refractivity contribution >= 4 is 46.7 Å². The Labute approximate surface area is 404 Å². The van der Waals surface area contributed by atoms with Gasteiger partial charge in [0.15, 0.2) is 14.1 Å². The number of likely N-dealkylation sites (N-methyl/N-ethyl adjacent to an activating group) is 1. The zero-order valence-corrected chi connectivity index (χ0v) is 43.2. The maximum atomic E-state index is 15.5. The number of piperazine rings is 1. The fourth-order valence-corrected chi connectivity index (χ4v) is 10.7. The topological polar surface area (TPSA) is 146 Å². The smallest absolute Gasteiger partial charge is 0.274 e. The molecular formula is C53H71N7O6SSi. The molecule has 0 saturated carbocycles. The Morgan fingerprint density at radius 2 is 1.57 bits per heavy atom. The van der Waals surface area contributed by atoms with Crippen LogP contribution in [0.5, 0.6) is 0 Å². The van der Waals surface area contributed by atoms with Gasteiger partial charge in [-0.2, -0.15) is 0 Å². The molecule has 13 nitrogen and oxygen atoms in total. The molecule has 2 N–H and O–H groups in total. The van der Waals surface area contributed by atoms with Gasteiger partial charge in [-0.25, -0.2) is 18.1 Å². The van der Waals surface area contributed by atoms with Crippen LogP contribution >= 0.6 is 0 Å². The van der Waals surface area contributed by atoms with Gasteiger partial charge in [0.05, 0.1) is 4.90 Å². The molecule has 4 aromatic carbocycles. The zero-order chi connectivity index (χ0) is 48.8. The van der Waals surface area contributed by atoms with Crippen molar-refractivity contribution in [3.05, 3.63) is 119 Å². The van der Waals surface area contributed by atoms with E-state index in [1.54, 1.807) is 12.1 Å². The lowest BCUT2D eigenvalue weighted by atomic mass is 9.86. The fourth-order valence-electron chi connectivity index (χ4n) is 8.66. The highest BCUT2D eigenvalue weighted by Crippen LogP contribution is 2.37. The molecule has 364 valence electrons. The zero-order valence-electron chi connectivity index (χ0n) is 41.4. The Morgan fingerprint density at radius 1 is 0.868 bits per heavy atom. The van der Waals surface area contributed by atoms with E-state index in [1.165, 1.54) is 24.3 Å². The lowest BCUT2D eigenvalue weighted by Crippen LogP contribution is -2.47. The average molecular weight is 962 g/mol. The second kappa shape index (κ2) is 21.7. The Bertz CT molecular complexity index is 2710. The van der Waals surface area contributed by atoms with Crippen LogP contribution in [0.15, 0.2) is 90.0 Å². The third-order valence-electron chi connectivity index (χ3n) is 14.1. The molecule has 1 saturated heterocycles. The van der Waals surface area contributed by atoms with Gasteiger partial charge in [-0.3, -0.25) is 19.3 Å². The van der Waals surface area contributed by atoms with Gasteiger partial charge in [0.2, 0.25) is 0 Å². The summed E-state index contributed by atoms with van der Waals surface area (Å²) in [7, 11) is -4.26. The molecule has 1 aromatic heterocycles. The summed E-state index contributed by atoms with van der Waals surface area (Å²) in [5, 5.41) is 5.25. The number of unbranched alkanes of at least 4 members (excludes halogenated alkanes) is 2. The minimum absolute atomic E-state index is 0.00859. The van der Waals surface area contributed by atoms with Crippen molar-refractivity contribution in [2.45, 2.75) is 109 Å². The molecule has 0 radical (unpaired) electrons. The maximum absolute atomic E-state index is 15.5. The van der Waals surface area contributed by atoms with Crippen LogP contribution in [0, 0.1) is 0 Å². The molecule has 0 aliphatic carbocycles. The first kappa shape index (κ1) is 50.8. The summed E-state index contributed by atoms with van der Waals surface area (Å²) in [4.78, 5) is 55.7. The van der Waals surface area contributed by atoms with Crippen molar-refractivity contribution in [2.24, 2.45) is 0 Å². The number of benzene rings is 4. The van der Waals surface area contributed by atoms with Crippen LogP contribution in [-0.2, 0) is 34.0 Å². The Kier molecular flexibility index (Phi) is 16.2. The van der Waals surface area contributed by atoms with E-state index < -0.39 is 24.2 Å². The minimum atomic E-state index is -4.31. The summed E-state index contributed by atoms with van der Waals surface area (Å²) in [6.07, 6.45) is 5.98. The number of ketones is 1. The lowest BCUT2D eigenvalue weighted by molar-refractivity contribution is 0.0745. The number of fused-ring (bicyclic) bond motifs is 2. The molecule has 0 bridgehead atoms. The lowest BCUT2D eigenvalue weighted by Gasteiger charge is -2.38. The number of hydrogen-bond donors (Lipinski definition) is 2. The number of carbonyl (C=O) groups is 3. The highest BCUT2D eigenvalue weighted by molar-refractivity contribution is 7.90. The summed E-state index contributed by atoms with van der Waals surface area (Å²) in [5.74, 6) is -0.939. The van der Waals surface area contributed by atoms with Crippen LogP contribution < -0.4 is 10.0 Å². The molecule has 5 aromatic rings. The molecule has 0 spiro atoms. The monoisotopic (exact) mass is 961 g/mol. The highest BCUT2D eigenvalue weighted by atomic mass is 32.2. The largest absolute Gasteiger partial charge is 0.415 e. The Hall–Kier alpha value is -5.03. The SMILES string of the molecule is CCCCN(CCCC)C(=O)c1cn(CCN2CCN(C)CC2)c(-c2ccc(C(=O)NS(=O)(=O)c3ccc4ccccc4c3)cc2C(=O)c2cccc3c2CC(CO[Si](C)(C)C(C)(C)C)NC3)n1. The van der Waals surface area contributed by atoms with E-state index in [2.05, 4.69) is 74.6 Å². The van der Waals surface area contributed by atoms with Gasteiger partial charge in [-0.1, -0.05) is 96.0 Å². The molecule has 2 aliphatic rings. The number of amides is 2. The summed E-state index contributed by atoms with van der Waals surface area (Å²) in [6, 6.07) is 22.5. The van der Waals surface area contributed by atoms with Crippen LogP contribution in [-0.4, -0.2) is 124 Å². The maximum Gasteiger partial charge on any atom is 0.274 e. The molecule has 68 heavy (non-hydrogen) atoms. The number of rotatable bonds is 19. The fraction of sp³-hybridized carbons (Fsp3) is 0.472. The van der Waals surface area contributed by atoms with E-state index >= 15 is 4.79 Å². The van der Waals surface area contributed by atoms with E-state index in [0.717, 1.165) is 73.8 Å². The number of nitrogens with one attached hydrogen (secondary N) is 2. The Morgan fingerprint density at radius 3 is 2.26 bits per heavy atom. The number of sulfonamides is 1. The molecule has 2 aliphatic heterocycles. The third-order valence-corrected chi connectivity index (χ3v) is 20.0. The predicted octanol–water partition coefficient (Wildman–Crippen LogP) is 8.38. The number of nitrogens with zero attached hydrogens (tertiary/aromatic N) is 5. The van der Waals surface area contributed by atoms with Gasteiger partial charge in [-0.15, -0.1) is 0 Å². The minimum Gasteiger partial charge on any atom is -0.415 e. The third kappa shape index (κ3) is 11.9. The molecule has 2 amide bonds. The van der Waals surface area contributed by atoms with Crippen LogP contribution in [0.2, 0.25) is 18.1 Å². The van der Waals surface area contributed by atoms with Crippen LogP contribution in [0.25, 0.3) is 22.2 Å². The summed E-state index contributed by atoms with van der Waals surface area (Å²) in [5.41, 5.74) is 3.29. The van der Waals surface area contributed by atoms with Crippen molar-refractivity contribution < 1.29 is 27.2 Å². The van der Waals surface area contributed by atoms with Gasteiger partial charge < -0.3 is 24.1 Å². The molecule has 1 unspecified atom stereocenters. The van der Waals surface area contributed by atoms with Crippen LogP contribution in [0.4, 0.5) is 0 Å². The van der Waals surface area contributed by atoms with Gasteiger partial charge in [-0.05, 0) is 96.7 Å². The second-order valence-electron chi connectivity index (χ2n) is 20.1. The number of aromatic nitrogens is 2. The van der Waals surface area contributed by atoms with Crippen molar-refractivity contribution in [2.75, 3.05) is 59.5 Å². The quantitative estimate of drug-likeness (QED) is 0.0612. The Balaban J connectivity index is 1.31. The first-order chi connectivity index (χ1) is 32.4. The molecule has 1 fully saturated rings.